The summed E-state index contributed by atoms with van der Waals surface area (Å²) in [6.07, 6.45) is 2.56. The van der Waals surface area contributed by atoms with Crippen LogP contribution in [-0.4, -0.2) is 13.2 Å². The van der Waals surface area contributed by atoms with Gasteiger partial charge in [0.1, 0.15) is 0 Å². The molecule has 1 heterocycles. The summed E-state index contributed by atoms with van der Waals surface area (Å²) in [7, 11) is -5.39. The first-order valence-corrected chi connectivity index (χ1v) is 4.27. The molecule has 0 aromatic heterocycles. The maximum absolute atomic E-state index is 8.55. The molecule has 1 saturated heterocycles. The fraction of sp³-hybridized carbons (Fsp3) is 1.00. The number of hydrogen-bond donors (Lipinski definition) is 0. The van der Waals surface area contributed by atoms with Gasteiger partial charge in [0.15, 0.2) is 0 Å². The molecule has 0 saturated carbocycles. The Balaban J connectivity index is -0.0000000506. The molecule has 9 heteroatoms. The van der Waals surface area contributed by atoms with Crippen LogP contribution in [0.4, 0.5) is 0 Å². The van der Waals surface area contributed by atoms with Gasteiger partial charge < -0.3 is 24.0 Å². The van der Waals surface area contributed by atoms with Crippen LogP contribution in [0.1, 0.15) is 12.8 Å². The summed E-state index contributed by atoms with van der Waals surface area (Å²) in [6, 6.07) is 0. The molecule has 1 rings (SSSR count). The van der Waals surface area contributed by atoms with Crippen molar-refractivity contribution in [2.24, 2.45) is 0 Å². The van der Waals surface area contributed by atoms with E-state index in [4.69, 9.17) is 24.0 Å². The summed E-state index contributed by atoms with van der Waals surface area (Å²) in [4.78, 5) is 25.6. The van der Waals surface area contributed by atoms with Gasteiger partial charge in [-0.05, 0) is 12.8 Å². The van der Waals surface area contributed by atoms with E-state index in [0.29, 0.717) is 0 Å². The predicted octanol–water partition coefficient (Wildman–Crippen LogP) is -11.0. The van der Waals surface area contributed by atoms with Crippen molar-refractivity contribution in [3.05, 3.63) is 0 Å². The van der Waals surface area contributed by atoms with Crippen molar-refractivity contribution in [1.29, 1.82) is 0 Å². The molecule has 1 fully saturated rings. The topological polar surface area (TPSA) is 95.5 Å². The molecule has 0 spiro atoms. The molecule has 0 atom stereocenters. The second-order valence-corrected chi connectivity index (χ2v) is 2.66. The van der Waals surface area contributed by atoms with Crippen molar-refractivity contribution in [1.82, 2.24) is 0 Å². The van der Waals surface area contributed by atoms with Gasteiger partial charge in [0.2, 0.25) is 0 Å². The minimum absolute atomic E-state index is 0. The van der Waals surface area contributed by atoms with E-state index in [9.17, 15) is 0 Å². The van der Waals surface area contributed by atoms with Crippen molar-refractivity contribution in [2.45, 2.75) is 12.8 Å². The number of phosphoric acid groups is 1. The SMILES string of the molecule is C1CCOC1.O=P([O-])([O-])[O-].[K+].[K+].[K+]. The zero-order chi connectivity index (χ0) is 8.04. The van der Waals surface area contributed by atoms with Crippen LogP contribution in [0.15, 0.2) is 0 Å². The normalized spacial score (nSPS) is 13.8. The van der Waals surface area contributed by atoms with Crippen LogP contribution in [0.3, 0.4) is 0 Å². The Kier molecular flexibility index (Phi) is 34.6. The van der Waals surface area contributed by atoms with Gasteiger partial charge in [0, 0.05) is 13.2 Å². The average molecular weight is 284 g/mol. The minimum atomic E-state index is -5.39. The molecule has 0 bridgehead atoms. The minimum Gasteiger partial charge on any atom is -0.822 e. The average Bonchev–Trinajstić information content (AvgIpc) is 2.07. The molecule has 0 radical (unpaired) electrons. The van der Waals surface area contributed by atoms with Crippen LogP contribution in [0.2, 0.25) is 0 Å². The Morgan fingerprint density at radius 3 is 1.23 bits per heavy atom. The van der Waals surface area contributed by atoms with Gasteiger partial charge in [0.05, 0.1) is 0 Å². The number of ether oxygens (including phenoxy) is 1. The second kappa shape index (κ2) is 17.0. The van der Waals surface area contributed by atoms with E-state index >= 15 is 0 Å². The Bertz CT molecular complexity index is 109. The van der Waals surface area contributed by atoms with Gasteiger partial charge in [0.25, 0.3) is 0 Å². The van der Waals surface area contributed by atoms with Crippen molar-refractivity contribution in [2.75, 3.05) is 13.2 Å². The molecule has 0 unspecified atom stereocenters. The Hall–Kier alpha value is 4.98. The van der Waals surface area contributed by atoms with Gasteiger partial charge in [-0.3, -0.25) is 0 Å². The van der Waals surface area contributed by atoms with E-state index in [1.165, 1.54) is 12.8 Å². The molecule has 0 aliphatic carbocycles. The molecule has 13 heavy (non-hydrogen) atoms. The monoisotopic (exact) mass is 284 g/mol. The van der Waals surface area contributed by atoms with E-state index in [1.807, 2.05) is 0 Å². The molecule has 0 aromatic rings. The molecule has 1 aliphatic heterocycles. The summed E-state index contributed by atoms with van der Waals surface area (Å²) >= 11 is 0. The van der Waals surface area contributed by atoms with Crippen molar-refractivity contribution in [3.63, 3.8) is 0 Å². The van der Waals surface area contributed by atoms with Crippen LogP contribution in [0, 0.1) is 0 Å². The van der Waals surface area contributed by atoms with Crippen molar-refractivity contribution < 1.29 is 178 Å². The molecular formula is C4H8K3O5P. The van der Waals surface area contributed by atoms with Crippen molar-refractivity contribution >= 4 is 7.82 Å². The van der Waals surface area contributed by atoms with Crippen LogP contribution in [0.25, 0.3) is 0 Å². The van der Waals surface area contributed by atoms with E-state index in [0.717, 1.165) is 13.2 Å². The first kappa shape index (κ1) is 26.5. The maximum atomic E-state index is 8.55. The molecule has 0 N–H and O–H groups in total. The second-order valence-electron chi connectivity index (χ2n) is 1.77. The summed E-state index contributed by atoms with van der Waals surface area (Å²) in [6.45, 7) is 2.00. The van der Waals surface area contributed by atoms with Crippen molar-refractivity contribution in [3.8, 4) is 0 Å². The Morgan fingerprint density at radius 1 is 0.923 bits per heavy atom. The Morgan fingerprint density at radius 2 is 1.15 bits per heavy atom. The van der Waals surface area contributed by atoms with Gasteiger partial charge in [-0.2, -0.15) is 7.82 Å². The smallest absolute Gasteiger partial charge is 0.822 e. The van der Waals surface area contributed by atoms with Gasteiger partial charge in [-0.25, -0.2) is 0 Å². The van der Waals surface area contributed by atoms with Gasteiger partial charge in [-0.1, -0.05) is 0 Å². The van der Waals surface area contributed by atoms with Crippen LogP contribution >= 0.6 is 7.82 Å². The Labute approximate surface area is 206 Å². The number of hydrogen-bond acceptors (Lipinski definition) is 5. The first-order valence-electron chi connectivity index (χ1n) is 2.81. The summed E-state index contributed by atoms with van der Waals surface area (Å²) in [5, 5.41) is 0. The largest absolute Gasteiger partial charge is 1.00 e. The third-order valence-corrected chi connectivity index (χ3v) is 0.827. The third-order valence-electron chi connectivity index (χ3n) is 0.827. The third kappa shape index (κ3) is 38.3. The quantitative estimate of drug-likeness (QED) is 0.325. The molecule has 5 nitrogen and oxygen atoms in total. The van der Waals surface area contributed by atoms with Gasteiger partial charge in [-0.15, -0.1) is 0 Å². The van der Waals surface area contributed by atoms with E-state index < -0.39 is 7.82 Å². The number of rotatable bonds is 0. The van der Waals surface area contributed by atoms with Crippen LogP contribution in [-0.2, 0) is 9.30 Å². The molecule has 0 amide bonds. The zero-order valence-corrected chi connectivity index (χ0v) is 18.6. The fourth-order valence-corrected chi connectivity index (χ4v) is 0.510. The van der Waals surface area contributed by atoms with E-state index in [1.54, 1.807) is 0 Å². The molecular weight excluding hydrogens is 276 g/mol. The molecule has 1 aliphatic rings. The standard InChI is InChI=1S/C4H8O.3K.H3O4P/c1-2-4-5-3-1;;;;1-5(2,3)4/h1-4H2;;;;(H3,1,2,3,4)/q;3*+1;/p-3. The fourth-order valence-electron chi connectivity index (χ4n) is 0.510. The summed E-state index contributed by atoms with van der Waals surface area (Å²) in [5.74, 6) is 0. The van der Waals surface area contributed by atoms with Crippen LogP contribution in [0.5, 0.6) is 0 Å². The van der Waals surface area contributed by atoms with E-state index in [2.05, 4.69) is 0 Å². The predicted molar refractivity (Wildman–Crippen MR) is 27.7 cm³/mol. The molecule has 62 valence electrons. The van der Waals surface area contributed by atoms with Crippen LogP contribution < -0.4 is 169 Å². The zero-order valence-electron chi connectivity index (χ0n) is 8.32. The molecule has 0 aromatic carbocycles. The van der Waals surface area contributed by atoms with Gasteiger partial charge >= 0.3 is 154 Å². The first-order chi connectivity index (χ1) is 4.50. The maximum Gasteiger partial charge on any atom is 1.00 e. The summed E-state index contributed by atoms with van der Waals surface area (Å²) in [5.41, 5.74) is 0. The summed E-state index contributed by atoms with van der Waals surface area (Å²) < 4.78 is 13.5. The van der Waals surface area contributed by atoms with E-state index in [-0.39, 0.29) is 154 Å².